The summed E-state index contributed by atoms with van der Waals surface area (Å²) in [5, 5.41) is 20.7. The van der Waals surface area contributed by atoms with E-state index < -0.39 is 0 Å². The Morgan fingerprint density at radius 1 is 0.821 bits per heavy atom. The number of nitrogen functional groups attached to an aromatic ring is 1. The first-order valence-corrected chi connectivity index (χ1v) is 9.62. The normalized spacial score (nSPS) is 15.0. The van der Waals surface area contributed by atoms with Crippen LogP contribution in [0.15, 0.2) is 53.8 Å². The minimum atomic E-state index is -0.0319. The SMILES string of the molecule is Cc1cc(C(C2=CC=CC=C(O)C2)c2ccc(N)c(C)c2C)c(C)c(C)c1O. The molecule has 3 heteroatoms. The molecule has 0 aromatic heterocycles. The lowest BCUT2D eigenvalue weighted by Gasteiger charge is -2.27. The molecule has 0 bridgehead atoms. The van der Waals surface area contributed by atoms with E-state index in [0.717, 1.165) is 44.6 Å². The van der Waals surface area contributed by atoms with Crippen molar-refractivity contribution in [3.8, 4) is 5.75 Å². The molecule has 2 aromatic carbocycles. The van der Waals surface area contributed by atoms with E-state index in [2.05, 4.69) is 32.1 Å². The minimum Gasteiger partial charge on any atom is -0.512 e. The Balaban J connectivity index is 2.31. The molecule has 0 heterocycles. The zero-order valence-corrected chi connectivity index (χ0v) is 17.3. The Kier molecular flexibility index (Phi) is 5.37. The zero-order valence-electron chi connectivity index (χ0n) is 17.3. The number of benzene rings is 2. The van der Waals surface area contributed by atoms with Crippen molar-refractivity contribution >= 4 is 5.69 Å². The molecule has 3 nitrogen and oxygen atoms in total. The lowest BCUT2D eigenvalue weighted by molar-refractivity contribution is 0.396. The predicted molar refractivity (Wildman–Crippen MR) is 117 cm³/mol. The smallest absolute Gasteiger partial charge is 0.121 e. The number of anilines is 1. The summed E-state index contributed by atoms with van der Waals surface area (Å²) in [7, 11) is 0. The van der Waals surface area contributed by atoms with Gasteiger partial charge in [0.1, 0.15) is 5.75 Å². The van der Waals surface area contributed by atoms with Crippen LogP contribution in [-0.2, 0) is 0 Å². The van der Waals surface area contributed by atoms with Crippen molar-refractivity contribution in [3.63, 3.8) is 0 Å². The Morgan fingerprint density at radius 2 is 1.46 bits per heavy atom. The maximum atomic E-state index is 10.4. The van der Waals surface area contributed by atoms with Gasteiger partial charge in [-0.05, 0) is 85.7 Å². The molecule has 1 aliphatic carbocycles. The number of nitrogens with two attached hydrogens (primary N) is 1. The largest absolute Gasteiger partial charge is 0.512 e. The van der Waals surface area contributed by atoms with E-state index in [1.54, 1.807) is 6.08 Å². The van der Waals surface area contributed by atoms with Crippen molar-refractivity contribution in [2.45, 2.75) is 47.0 Å². The standard InChI is InChI=1S/C25H29NO2/c1-14-12-22(16(3)18(5)25(14)28)24(19-8-6-7-9-20(27)13-19)21-10-11-23(26)17(4)15(21)2/h6-12,24,27-28H,13,26H2,1-5H3. The first-order valence-electron chi connectivity index (χ1n) is 9.62. The maximum absolute atomic E-state index is 10.4. The summed E-state index contributed by atoms with van der Waals surface area (Å²) in [6.07, 6.45) is 8.15. The van der Waals surface area contributed by atoms with Crippen molar-refractivity contribution in [1.82, 2.24) is 0 Å². The molecule has 2 aromatic rings. The van der Waals surface area contributed by atoms with E-state index in [-0.39, 0.29) is 5.92 Å². The summed E-state index contributed by atoms with van der Waals surface area (Å²) in [4.78, 5) is 0. The fourth-order valence-corrected chi connectivity index (χ4v) is 4.01. The second-order valence-corrected chi connectivity index (χ2v) is 7.77. The molecule has 0 saturated carbocycles. The number of allylic oxidation sites excluding steroid dienone is 5. The van der Waals surface area contributed by atoms with E-state index in [0.29, 0.717) is 17.9 Å². The lowest BCUT2D eigenvalue weighted by atomic mass is 9.77. The van der Waals surface area contributed by atoms with Crippen LogP contribution in [0.25, 0.3) is 0 Å². The van der Waals surface area contributed by atoms with Crippen molar-refractivity contribution in [2.24, 2.45) is 0 Å². The van der Waals surface area contributed by atoms with Gasteiger partial charge in [0.15, 0.2) is 0 Å². The Labute approximate surface area is 167 Å². The van der Waals surface area contributed by atoms with Gasteiger partial charge in [0.2, 0.25) is 0 Å². The maximum Gasteiger partial charge on any atom is 0.121 e. The summed E-state index contributed by atoms with van der Waals surface area (Å²) in [5.74, 6) is 0.665. The van der Waals surface area contributed by atoms with Crippen LogP contribution in [0.4, 0.5) is 5.69 Å². The van der Waals surface area contributed by atoms with E-state index >= 15 is 0 Å². The molecule has 28 heavy (non-hydrogen) atoms. The number of aryl methyl sites for hydroxylation is 1. The van der Waals surface area contributed by atoms with Crippen LogP contribution >= 0.6 is 0 Å². The summed E-state index contributed by atoms with van der Waals surface area (Å²) in [6, 6.07) is 6.13. The van der Waals surface area contributed by atoms with Gasteiger partial charge in [-0.25, -0.2) is 0 Å². The Bertz CT molecular complexity index is 1030. The third-order valence-corrected chi connectivity index (χ3v) is 6.06. The van der Waals surface area contributed by atoms with Crippen molar-refractivity contribution in [1.29, 1.82) is 0 Å². The monoisotopic (exact) mass is 375 g/mol. The molecule has 1 unspecified atom stereocenters. The van der Waals surface area contributed by atoms with E-state index in [1.807, 2.05) is 39.0 Å². The van der Waals surface area contributed by atoms with E-state index in [1.165, 1.54) is 5.56 Å². The second-order valence-electron chi connectivity index (χ2n) is 7.77. The molecule has 0 amide bonds. The van der Waals surface area contributed by atoms with Crippen LogP contribution in [0, 0.1) is 34.6 Å². The van der Waals surface area contributed by atoms with Gasteiger partial charge in [-0.15, -0.1) is 0 Å². The number of hydrogen-bond donors (Lipinski definition) is 3. The average molecular weight is 376 g/mol. The number of phenolic OH excluding ortho intramolecular Hbond substituents is 1. The molecular formula is C25H29NO2. The number of aromatic hydroxyl groups is 1. The van der Waals surface area contributed by atoms with Gasteiger partial charge >= 0.3 is 0 Å². The van der Waals surface area contributed by atoms with Crippen LogP contribution in [0.5, 0.6) is 5.75 Å². The average Bonchev–Trinajstić information content (AvgIpc) is 2.88. The lowest BCUT2D eigenvalue weighted by Crippen LogP contribution is -2.12. The highest BCUT2D eigenvalue weighted by atomic mass is 16.3. The topological polar surface area (TPSA) is 66.5 Å². The molecule has 1 aliphatic rings. The highest BCUT2D eigenvalue weighted by Crippen LogP contribution is 2.42. The molecule has 146 valence electrons. The summed E-state index contributed by atoms with van der Waals surface area (Å²) in [6.45, 7) is 10.1. The summed E-state index contributed by atoms with van der Waals surface area (Å²) in [5.41, 5.74) is 15.4. The van der Waals surface area contributed by atoms with Crippen molar-refractivity contribution < 1.29 is 10.2 Å². The molecule has 1 atom stereocenters. The number of aliphatic hydroxyl groups excluding tert-OH is 1. The van der Waals surface area contributed by atoms with Crippen LogP contribution in [0.2, 0.25) is 0 Å². The first-order chi connectivity index (χ1) is 13.2. The number of hydrogen-bond acceptors (Lipinski definition) is 3. The van der Waals surface area contributed by atoms with Gasteiger partial charge in [-0.3, -0.25) is 0 Å². The Morgan fingerprint density at radius 3 is 2.18 bits per heavy atom. The molecule has 0 radical (unpaired) electrons. The fourth-order valence-electron chi connectivity index (χ4n) is 4.01. The van der Waals surface area contributed by atoms with Gasteiger partial charge in [0.25, 0.3) is 0 Å². The highest BCUT2D eigenvalue weighted by molar-refractivity contribution is 5.60. The van der Waals surface area contributed by atoms with Gasteiger partial charge < -0.3 is 15.9 Å². The van der Waals surface area contributed by atoms with E-state index in [9.17, 15) is 10.2 Å². The van der Waals surface area contributed by atoms with Crippen LogP contribution in [0.1, 0.15) is 51.3 Å². The third kappa shape index (κ3) is 3.45. The van der Waals surface area contributed by atoms with E-state index in [4.69, 9.17) is 5.73 Å². The number of rotatable bonds is 3. The second kappa shape index (κ2) is 7.59. The third-order valence-electron chi connectivity index (χ3n) is 6.06. The van der Waals surface area contributed by atoms with Gasteiger partial charge in [0, 0.05) is 18.0 Å². The quantitative estimate of drug-likeness (QED) is 0.578. The molecule has 0 aliphatic heterocycles. The Hall–Kier alpha value is -2.94. The molecule has 0 spiro atoms. The number of aliphatic hydroxyl groups is 1. The van der Waals surface area contributed by atoms with Crippen LogP contribution in [-0.4, -0.2) is 10.2 Å². The van der Waals surface area contributed by atoms with Gasteiger partial charge in [-0.2, -0.15) is 0 Å². The molecule has 4 N–H and O–H groups in total. The predicted octanol–water partition coefficient (Wildman–Crippen LogP) is 5.98. The van der Waals surface area contributed by atoms with Crippen molar-refractivity contribution in [3.05, 3.63) is 92.8 Å². The zero-order chi connectivity index (χ0) is 20.6. The minimum absolute atomic E-state index is 0.0319. The van der Waals surface area contributed by atoms with Crippen LogP contribution in [0.3, 0.4) is 0 Å². The van der Waals surface area contributed by atoms with Crippen LogP contribution < -0.4 is 5.73 Å². The molecule has 0 fully saturated rings. The summed E-state index contributed by atoms with van der Waals surface area (Å²) < 4.78 is 0. The van der Waals surface area contributed by atoms with Crippen molar-refractivity contribution in [2.75, 3.05) is 5.73 Å². The number of phenols is 1. The molecule has 0 saturated heterocycles. The van der Waals surface area contributed by atoms with Gasteiger partial charge in [0.05, 0.1) is 5.76 Å². The summed E-state index contributed by atoms with van der Waals surface area (Å²) >= 11 is 0. The molecular weight excluding hydrogens is 346 g/mol. The highest BCUT2D eigenvalue weighted by Gasteiger charge is 2.26. The first kappa shape index (κ1) is 19.8. The fraction of sp³-hybridized carbons (Fsp3) is 0.280. The molecule has 3 rings (SSSR count). The van der Waals surface area contributed by atoms with Gasteiger partial charge in [-0.1, -0.05) is 35.9 Å².